The predicted octanol–water partition coefficient (Wildman–Crippen LogP) is 4.92. The quantitative estimate of drug-likeness (QED) is 0.295. The van der Waals surface area contributed by atoms with Gasteiger partial charge in [0.05, 0.1) is 28.8 Å². The third kappa shape index (κ3) is 5.11. The number of anilines is 1. The molecule has 0 aromatic carbocycles. The van der Waals surface area contributed by atoms with Crippen LogP contribution < -0.4 is 10.9 Å². The molecule has 5 aromatic rings. The number of carbonyl (C=O) groups is 1. The fraction of sp³-hybridized carbons (Fsp3) is 0.0870. The number of halogens is 2. The molecule has 0 atom stereocenters. The average Bonchev–Trinajstić information content (AvgIpc) is 3.61. The zero-order valence-electron chi connectivity index (χ0n) is 17.9. The van der Waals surface area contributed by atoms with Crippen LogP contribution in [0.1, 0.15) is 21.1 Å². The Morgan fingerprint density at radius 1 is 1.20 bits per heavy atom. The highest BCUT2D eigenvalue weighted by atomic mass is 79.9. The summed E-state index contributed by atoms with van der Waals surface area (Å²) in [5.74, 6) is -0.0125. The molecule has 12 heteroatoms. The molecule has 176 valence electrons. The van der Waals surface area contributed by atoms with Crippen LogP contribution in [0.15, 0.2) is 81.0 Å². The van der Waals surface area contributed by atoms with Gasteiger partial charge in [-0.1, -0.05) is 22.8 Å². The summed E-state index contributed by atoms with van der Waals surface area (Å²) in [5, 5.41) is 11.5. The lowest BCUT2D eigenvalue weighted by Crippen LogP contribution is -2.20. The van der Waals surface area contributed by atoms with E-state index in [-0.39, 0.29) is 11.3 Å². The second-order valence-electron chi connectivity index (χ2n) is 7.40. The Morgan fingerprint density at radius 2 is 2.09 bits per heavy atom. The Labute approximate surface area is 216 Å². The van der Waals surface area contributed by atoms with Gasteiger partial charge in [0.1, 0.15) is 12.1 Å². The van der Waals surface area contributed by atoms with Gasteiger partial charge in [0.2, 0.25) is 0 Å². The van der Waals surface area contributed by atoms with Gasteiger partial charge in [0.25, 0.3) is 5.56 Å². The van der Waals surface area contributed by atoms with Crippen LogP contribution >= 0.6 is 38.9 Å². The Morgan fingerprint density at radius 3 is 2.80 bits per heavy atom. The van der Waals surface area contributed by atoms with Crippen molar-refractivity contribution in [2.75, 3.05) is 5.32 Å². The fourth-order valence-electron chi connectivity index (χ4n) is 3.38. The molecule has 0 saturated carbocycles. The Bertz CT molecular complexity index is 1550. The van der Waals surface area contributed by atoms with Crippen LogP contribution in [-0.2, 0) is 13.1 Å². The molecule has 0 spiro atoms. The number of pyridine rings is 2. The molecule has 5 heterocycles. The van der Waals surface area contributed by atoms with Crippen LogP contribution in [0.2, 0.25) is 4.34 Å². The molecule has 5 aromatic heterocycles. The Hall–Kier alpha value is -3.54. The summed E-state index contributed by atoms with van der Waals surface area (Å²) in [6.07, 6.45) is 4.69. The van der Waals surface area contributed by atoms with Crippen molar-refractivity contribution in [3.8, 4) is 11.3 Å². The van der Waals surface area contributed by atoms with Crippen molar-refractivity contribution >= 4 is 50.6 Å². The highest BCUT2D eigenvalue weighted by Crippen LogP contribution is 2.29. The Kier molecular flexibility index (Phi) is 6.62. The van der Waals surface area contributed by atoms with Crippen molar-refractivity contribution in [1.29, 1.82) is 0 Å². The van der Waals surface area contributed by atoms with Crippen molar-refractivity contribution in [3.05, 3.63) is 103 Å². The summed E-state index contributed by atoms with van der Waals surface area (Å²) < 4.78 is 8.82. The number of hydrogen-bond acceptors (Lipinski definition) is 8. The fourth-order valence-corrected chi connectivity index (χ4v) is 4.91. The smallest absolute Gasteiger partial charge is 0.302 e. The molecule has 5 rings (SSSR count). The first-order chi connectivity index (χ1) is 17.0. The van der Waals surface area contributed by atoms with Gasteiger partial charge in [-0.05, 0) is 40.2 Å². The van der Waals surface area contributed by atoms with Gasteiger partial charge in [-0.3, -0.25) is 14.6 Å². The van der Waals surface area contributed by atoms with Gasteiger partial charge in [-0.25, -0.2) is 0 Å². The SMILES string of the molecule is O=C(c1ccon1)n1nc(-c2cn(Cc3ccccn3)c(=O)cc2Br)cc1NCc1ccc(Cl)s1. The van der Waals surface area contributed by atoms with Crippen LogP contribution in [0.5, 0.6) is 0 Å². The van der Waals surface area contributed by atoms with E-state index in [1.54, 1.807) is 23.0 Å². The van der Waals surface area contributed by atoms with E-state index in [2.05, 4.69) is 36.5 Å². The molecular formula is C23H16BrClN6O3S. The van der Waals surface area contributed by atoms with Gasteiger partial charge >= 0.3 is 5.91 Å². The van der Waals surface area contributed by atoms with E-state index in [1.807, 2.05) is 30.3 Å². The summed E-state index contributed by atoms with van der Waals surface area (Å²) in [6.45, 7) is 0.734. The molecule has 9 nitrogen and oxygen atoms in total. The predicted molar refractivity (Wildman–Crippen MR) is 136 cm³/mol. The summed E-state index contributed by atoms with van der Waals surface area (Å²) in [6, 6.07) is 13.9. The zero-order chi connectivity index (χ0) is 24.4. The minimum atomic E-state index is -0.463. The van der Waals surface area contributed by atoms with Crippen molar-refractivity contribution in [3.63, 3.8) is 0 Å². The number of nitrogens with zero attached hydrogens (tertiary/aromatic N) is 5. The maximum atomic E-state index is 13.1. The molecule has 0 radical (unpaired) electrons. The Balaban J connectivity index is 1.53. The minimum absolute atomic E-state index is 0.112. The number of hydrogen-bond donors (Lipinski definition) is 1. The minimum Gasteiger partial charge on any atom is -0.365 e. The topological polar surface area (TPSA) is 108 Å². The van der Waals surface area contributed by atoms with Crippen LogP contribution in [0, 0.1) is 0 Å². The average molecular weight is 572 g/mol. The zero-order valence-corrected chi connectivity index (χ0v) is 21.0. The molecule has 0 unspecified atom stereocenters. The van der Waals surface area contributed by atoms with E-state index in [0.717, 1.165) is 10.6 Å². The van der Waals surface area contributed by atoms with Crippen molar-refractivity contribution < 1.29 is 9.32 Å². The standard InChI is InChI=1S/C23H16BrClN6O3S/c24-17-9-22(32)30(12-14-3-1-2-7-26-14)13-16(17)19-10-21(27-11-15-4-5-20(25)35-15)31(28-19)23(33)18-6-8-34-29-18/h1-10,13,27H,11-12H2. The first kappa shape index (κ1) is 23.2. The van der Waals surface area contributed by atoms with E-state index in [4.69, 9.17) is 16.1 Å². The molecule has 1 N–H and O–H groups in total. The first-order valence-electron chi connectivity index (χ1n) is 10.3. The third-order valence-corrected chi connectivity index (χ3v) is 6.93. The van der Waals surface area contributed by atoms with Gasteiger partial charge in [-0.15, -0.1) is 11.3 Å². The second kappa shape index (κ2) is 9.98. The van der Waals surface area contributed by atoms with E-state index < -0.39 is 5.91 Å². The largest absolute Gasteiger partial charge is 0.365 e. The third-order valence-electron chi connectivity index (χ3n) is 5.04. The molecule has 0 amide bonds. The number of rotatable bonds is 7. The first-order valence-corrected chi connectivity index (χ1v) is 12.3. The molecule has 0 aliphatic carbocycles. The molecule has 0 bridgehead atoms. The van der Waals surface area contributed by atoms with E-state index >= 15 is 0 Å². The van der Waals surface area contributed by atoms with Crippen molar-refractivity contribution in [2.24, 2.45) is 0 Å². The highest BCUT2D eigenvalue weighted by Gasteiger charge is 2.21. The van der Waals surface area contributed by atoms with Gasteiger partial charge in [-0.2, -0.15) is 9.78 Å². The second-order valence-corrected chi connectivity index (χ2v) is 10.1. The van der Waals surface area contributed by atoms with Crippen LogP contribution in [-0.4, -0.2) is 30.4 Å². The maximum absolute atomic E-state index is 13.1. The lowest BCUT2D eigenvalue weighted by Gasteiger charge is -2.08. The van der Waals surface area contributed by atoms with E-state index in [9.17, 15) is 9.59 Å². The number of nitrogens with one attached hydrogen (secondary N) is 1. The number of aromatic nitrogens is 5. The number of thiophene rings is 1. The lowest BCUT2D eigenvalue weighted by molar-refractivity contribution is 0.0939. The summed E-state index contributed by atoms with van der Waals surface area (Å²) in [4.78, 5) is 31.0. The van der Waals surface area contributed by atoms with Gasteiger partial charge < -0.3 is 14.4 Å². The molecule has 0 aliphatic rings. The number of carbonyl (C=O) groups excluding carboxylic acids is 1. The summed E-state index contributed by atoms with van der Waals surface area (Å²) >= 11 is 10.9. The molecular weight excluding hydrogens is 556 g/mol. The lowest BCUT2D eigenvalue weighted by atomic mass is 10.2. The monoisotopic (exact) mass is 570 g/mol. The van der Waals surface area contributed by atoms with Crippen LogP contribution in [0.3, 0.4) is 0 Å². The highest BCUT2D eigenvalue weighted by molar-refractivity contribution is 9.10. The van der Waals surface area contributed by atoms with Crippen LogP contribution in [0.4, 0.5) is 5.82 Å². The van der Waals surface area contributed by atoms with Crippen molar-refractivity contribution in [1.82, 2.24) is 24.5 Å². The molecule has 0 fully saturated rings. The normalized spacial score (nSPS) is 11.0. The van der Waals surface area contributed by atoms with E-state index in [0.29, 0.717) is 39.0 Å². The van der Waals surface area contributed by atoms with Gasteiger partial charge in [0.15, 0.2) is 5.69 Å². The maximum Gasteiger partial charge on any atom is 0.302 e. The van der Waals surface area contributed by atoms with E-state index in [1.165, 1.54) is 34.4 Å². The summed E-state index contributed by atoms with van der Waals surface area (Å²) in [5.41, 5.74) is 1.77. The molecule has 35 heavy (non-hydrogen) atoms. The summed E-state index contributed by atoms with van der Waals surface area (Å²) in [7, 11) is 0. The molecule has 0 aliphatic heterocycles. The van der Waals surface area contributed by atoms with Crippen LogP contribution in [0.25, 0.3) is 11.3 Å². The van der Waals surface area contributed by atoms with Crippen molar-refractivity contribution in [2.45, 2.75) is 13.1 Å². The molecule has 0 saturated heterocycles. The van der Waals surface area contributed by atoms with Gasteiger partial charge in [0, 0.05) is 45.5 Å².